The molecular formula is C25H21F3N2O5S. The van der Waals surface area contributed by atoms with Crippen molar-refractivity contribution in [1.82, 2.24) is 0 Å². The third-order valence-corrected chi connectivity index (χ3v) is 6.36. The highest BCUT2D eigenvalue weighted by molar-refractivity contribution is 7.92. The number of carbonyl (C=O) groups excluding carboxylic acids is 2. The monoisotopic (exact) mass is 518 g/mol. The van der Waals surface area contributed by atoms with Crippen molar-refractivity contribution in [2.45, 2.75) is 19.5 Å². The fourth-order valence-corrected chi connectivity index (χ4v) is 4.61. The normalized spacial score (nSPS) is 13.9. The number of hydrogen-bond donors (Lipinski definition) is 2. The maximum absolute atomic E-state index is 13.4. The molecule has 0 fully saturated rings. The number of nitrogens with zero attached hydrogens (tertiary/aromatic N) is 1. The highest BCUT2D eigenvalue weighted by Gasteiger charge is 2.32. The van der Waals surface area contributed by atoms with Gasteiger partial charge in [0, 0.05) is 23.4 Å². The van der Waals surface area contributed by atoms with Crippen LogP contribution in [0.4, 0.5) is 24.5 Å². The summed E-state index contributed by atoms with van der Waals surface area (Å²) in [4.78, 5) is 26.4. The van der Waals surface area contributed by atoms with Crippen LogP contribution in [0.2, 0.25) is 0 Å². The van der Waals surface area contributed by atoms with Crippen molar-refractivity contribution >= 4 is 33.1 Å². The molecule has 2 N–H and O–H groups in total. The highest BCUT2D eigenvalue weighted by Crippen LogP contribution is 2.36. The largest absolute Gasteiger partial charge is 0.506 e. The maximum Gasteiger partial charge on any atom is 0.416 e. The third kappa shape index (κ3) is 5.20. The molecule has 0 spiro atoms. The molecule has 36 heavy (non-hydrogen) atoms. The number of benzene rings is 3. The summed E-state index contributed by atoms with van der Waals surface area (Å²) < 4.78 is 65.5. The molecule has 0 atom stereocenters. The standard InChI is InChI=1S/C25H21F3N2O5S/c1-14(31)17-10-18(12-19(11-17)25(26,27)28)15-3-5-21-16(9-15)7-8-30(24(21)33)20-4-6-23(32)22(13-20)29-36(2,34)35/h3-6,9-13,29,32H,7-8H2,1-2H3. The molecule has 1 amide bonds. The molecule has 1 aliphatic heterocycles. The van der Waals surface area contributed by atoms with Crippen LogP contribution in [0, 0.1) is 0 Å². The first kappa shape index (κ1) is 25.2. The number of anilines is 2. The lowest BCUT2D eigenvalue weighted by Gasteiger charge is -2.29. The molecule has 0 bridgehead atoms. The molecule has 0 aliphatic carbocycles. The Morgan fingerprint density at radius 3 is 2.39 bits per heavy atom. The molecule has 0 aromatic heterocycles. The van der Waals surface area contributed by atoms with E-state index >= 15 is 0 Å². The van der Waals surface area contributed by atoms with Gasteiger partial charge in [-0.15, -0.1) is 0 Å². The summed E-state index contributed by atoms with van der Waals surface area (Å²) in [5, 5.41) is 9.96. The van der Waals surface area contributed by atoms with Gasteiger partial charge in [-0.2, -0.15) is 13.2 Å². The van der Waals surface area contributed by atoms with Gasteiger partial charge in [0.25, 0.3) is 5.91 Å². The van der Waals surface area contributed by atoms with Gasteiger partial charge in [-0.05, 0) is 72.5 Å². The Morgan fingerprint density at radius 1 is 1.03 bits per heavy atom. The van der Waals surface area contributed by atoms with Gasteiger partial charge < -0.3 is 10.0 Å². The van der Waals surface area contributed by atoms with E-state index in [1.165, 1.54) is 48.2 Å². The van der Waals surface area contributed by atoms with E-state index in [0.717, 1.165) is 18.4 Å². The lowest BCUT2D eigenvalue weighted by Crippen LogP contribution is -2.37. The van der Waals surface area contributed by atoms with Crippen molar-refractivity contribution in [2.24, 2.45) is 0 Å². The number of halogens is 3. The quantitative estimate of drug-likeness (QED) is 0.371. The number of alkyl halides is 3. The van der Waals surface area contributed by atoms with Crippen LogP contribution in [0.15, 0.2) is 54.6 Å². The number of rotatable bonds is 5. The molecular weight excluding hydrogens is 497 g/mol. The van der Waals surface area contributed by atoms with Gasteiger partial charge in [-0.1, -0.05) is 12.1 Å². The first-order chi connectivity index (χ1) is 16.7. The molecule has 3 aromatic carbocycles. The van der Waals surface area contributed by atoms with E-state index in [4.69, 9.17) is 0 Å². The first-order valence-electron chi connectivity index (χ1n) is 10.7. The molecule has 0 unspecified atom stereocenters. The van der Waals surface area contributed by atoms with E-state index in [2.05, 4.69) is 4.72 Å². The smallest absolute Gasteiger partial charge is 0.416 e. The summed E-state index contributed by atoms with van der Waals surface area (Å²) >= 11 is 0. The van der Waals surface area contributed by atoms with Crippen LogP contribution >= 0.6 is 0 Å². The van der Waals surface area contributed by atoms with Gasteiger partial charge in [-0.25, -0.2) is 8.42 Å². The number of aromatic hydroxyl groups is 1. The van der Waals surface area contributed by atoms with Crippen molar-refractivity contribution in [3.05, 3.63) is 76.9 Å². The fraction of sp³-hybridized carbons (Fsp3) is 0.200. The summed E-state index contributed by atoms with van der Waals surface area (Å²) in [5.74, 6) is -1.18. The summed E-state index contributed by atoms with van der Waals surface area (Å²) in [5.41, 5.74) is 0.910. The number of nitrogens with one attached hydrogen (secondary N) is 1. The van der Waals surface area contributed by atoms with Gasteiger partial charge in [-0.3, -0.25) is 14.3 Å². The van der Waals surface area contributed by atoms with Crippen LogP contribution in [-0.4, -0.2) is 38.0 Å². The van der Waals surface area contributed by atoms with Crippen molar-refractivity contribution in [1.29, 1.82) is 0 Å². The number of ketones is 1. The lowest BCUT2D eigenvalue weighted by molar-refractivity contribution is -0.137. The van der Waals surface area contributed by atoms with E-state index in [1.54, 1.807) is 6.07 Å². The van der Waals surface area contributed by atoms with E-state index < -0.39 is 27.5 Å². The zero-order valence-electron chi connectivity index (χ0n) is 19.2. The van der Waals surface area contributed by atoms with E-state index in [0.29, 0.717) is 28.8 Å². The van der Waals surface area contributed by atoms with Gasteiger partial charge in [0.15, 0.2) is 5.78 Å². The molecule has 1 heterocycles. The summed E-state index contributed by atoms with van der Waals surface area (Å²) in [6, 6.07) is 11.9. The number of phenolic OH excluding ortho intramolecular Hbond substituents is 1. The van der Waals surface area contributed by atoms with Gasteiger partial charge in [0.1, 0.15) is 5.75 Å². The predicted molar refractivity (Wildman–Crippen MR) is 129 cm³/mol. The minimum Gasteiger partial charge on any atom is -0.506 e. The van der Waals surface area contributed by atoms with E-state index in [1.807, 2.05) is 0 Å². The van der Waals surface area contributed by atoms with Crippen LogP contribution in [-0.2, 0) is 22.6 Å². The second-order valence-corrected chi connectivity index (χ2v) is 10.3. The van der Waals surface area contributed by atoms with Crippen molar-refractivity contribution in [3.8, 4) is 16.9 Å². The van der Waals surface area contributed by atoms with Gasteiger partial charge in [0.2, 0.25) is 10.0 Å². The molecule has 3 aromatic rings. The topological polar surface area (TPSA) is 104 Å². The van der Waals surface area contributed by atoms with Gasteiger partial charge in [0.05, 0.1) is 17.5 Å². The number of fused-ring (bicyclic) bond motifs is 1. The average molecular weight is 519 g/mol. The second kappa shape index (κ2) is 8.98. The summed E-state index contributed by atoms with van der Waals surface area (Å²) in [6.45, 7) is 1.42. The number of sulfonamides is 1. The fourth-order valence-electron chi connectivity index (χ4n) is 4.05. The number of hydrogen-bond acceptors (Lipinski definition) is 5. The van der Waals surface area contributed by atoms with Crippen molar-refractivity contribution in [3.63, 3.8) is 0 Å². The lowest BCUT2D eigenvalue weighted by atomic mass is 9.92. The summed E-state index contributed by atoms with van der Waals surface area (Å²) in [6.07, 6.45) is -3.31. The zero-order valence-corrected chi connectivity index (χ0v) is 20.0. The van der Waals surface area contributed by atoms with Crippen LogP contribution in [0.1, 0.15) is 38.8 Å². The number of amides is 1. The molecule has 188 valence electrons. The van der Waals surface area contributed by atoms with E-state index in [9.17, 15) is 36.3 Å². The Kier molecular flexibility index (Phi) is 6.29. The summed E-state index contributed by atoms with van der Waals surface area (Å²) in [7, 11) is -3.67. The Hall–Kier alpha value is -3.86. The van der Waals surface area contributed by atoms with Crippen molar-refractivity contribution in [2.75, 3.05) is 22.4 Å². The van der Waals surface area contributed by atoms with E-state index in [-0.39, 0.29) is 35.0 Å². The maximum atomic E-state index is 13.4. The number of Topliss-reactive ketones (excluding diaryl/α,β-unsaturated/α-hetero) is 1. The number of phenols is 1. The molecule has 4 rings (SSSR count). The average Bonchev–Trinajstić information content (AvgIpc) is 2.79. The van der Waals surface area contributed by atoms with Crippen molar-refractivity contribution < 1.29 is 36.3 Å². The SMILES string of the molecule is CC(=O)c1cc(-c2ccc3c(c2)CCN(c2ccc(O)c(NS(C)(=O)=O)c2)C3=O)cc(C(F)(F)F)c1. The van der Waals surface area contributed by atoms with Crippen LogP contribution in [0.3, 0.4) is 0 Å². The zero-order chi connectivity index (χ0) is 26.4. The molecule has 1 aliphatic rings. The molecule has 11 heteroatoms. The van der Waals surface area contributed by atoms with Crippen LogP contribution < -0.4 is 9.62 Å². The molecule has 0 radical (unpaired) electrons. The Bertz CT molecular complexity index is 1500. The highest BCUT2D eigenvalue weighted by atomic mass is 32.2. The first-order valence-corrected chi connectivity index (χ1v) is 12.6. The third-order valence-electron chi connectivity index (χ3n) is 5.77. The molecule has 7 nitrogen and oxygen atoms in total. The Labute approximate surface area is 205 Å². The Balaban J connectivity index is 1.69. The molecule has 0 saturated heterocycles. The van der Waals surface area contributed by atoms with Crippen LogP contribution in [0.25, 0.3) is 11.1 Å². The Morgan fingerprint density at radius 2 is 1.75 bits per heavy atom. The van der Waals surface area contributed by atoms with Crippen LogP contribution in [0.5, 0.6) is 5.75 Å². The minimum absolute atomic E-state index is 0.0642. The van der Waals surface area contributed by atoms with Gasteiger partial charge >= 0.3 is 6.18 Å². The number of carbonyl (C=O) groups is 2. The predicted octanol–water partition coefficient (Wildman–Crippen LogP) is 4.86. The molecule has 0 saturated carbocycles. The minimum atomic E-state index is -4.63. The second-order valence-electron chi connectivity index (χ2n) is 8.51.